The SMILES string of the molecule is CCN(CC(=O)Nc1ccc(N2CCOCC2)cc1)C(=O)c1ccc(Cl)cc1Cl. The highest BCUT2D eigenvalue weighted by molar-refractivity contribution is 6.36. The molecule has 2 amide bonds. The number of likely N-dealkylation sites (N-methyl/N-ethyl adjacent to an activating group) is 1. The second-order valence-corrected chi connectivity index (χ2v) is 7.48. The van der Waals surface area contributed by atoms with Gasteiger partial charge in [0.1, 0.15) is 6.54 Å². The molecule has 0 spiro atoms. The van der Waals surface area contributed by atoms with Gasteiger partial charge in [0.2, 0.25) is 5.91 Å². The molecule has 0 radical (unpaired) electrons. The van der Waals surface area contributed by atoms with Gasteiger partial charge in [0, 0.05) is 36.0 Å². The molecule has 2 aromatic rings. The lowest BCUT2D eigenvalue weighted by atomic mass is 10.2. The van der Waals surface area contributed by atoms with Crippen molar-refractivity contribution in [2.75, 3.05) is 49.6 Å². The summed E-state index contributed by atoms with van der Waals surface area (Å²) in [5.41, 5.74) is 2.09. The minimum atomic E-state index is -0.313. The maximum absolute atomic E-state index is 12.7. The average molecular weight is 436 g/mol. The lowest BCUT2D eigenvalue weighted by Crippen LogP contribution is -2.38. The quantitative estimate of drug-likeness (QED) is 0.746. The third-order valence-electron chi connectivity index (χ3n) is 4.69. The van der Waals surface area contributed by atoms with E-state index >= 15 is 0 Å². The van der Waals surface area contributed by atoms with E-state index in [2.05, 4.69) is 10.2 Å². The van der Waals surface area contributed by atoms with Gasteiger partial charge in [0.15, 0.2) is 0 Å². The number of hydrogen-bond donors (Lipinski definition) is 1. The van der Waals surface area contributed by atoms with Gasteiger partial charge >= 0.3 is 0 Å². The lowest BCUT2D eigenvalue weighted by molar-refractivity contribution is -0.116. The Morgan fingerprint density at radius 1 is 1.10 bits per heavy atom. The summed E-state index contributed by atoms with van der Waals surface area (Å²) in [6.07, 6.45) is 0. The normalized spacial score (nSPS) is 13.8. The van der Waals surface area contributed by atoms with Crippen molar-refractivity contribution in [2.45, 2.75) is 6.92 Å². The number of hydrogen-bond acceptors (Lipinski definition) is 4. The molecule has 154 valence electrons. The summed E-state index contributed by atoms with van der Waals surface area (Å²) in [6, 6.07) is 12.3. The van der Waals surface area contributed by atoms with Crippen molar-refractivity contribution in [3.8, 4) is 0 Å². The van der Waals surface area contributed by atoms with Crippen molar-refractivity contribution in [2.24, 2.45) is 0 Å². The summed E-state index contributed by atoms with van der Waals surface area (Å²) >= 11 is 12.0. The van der Waals surface area contributed by atoms with Gasteiger partial charge in [-0.25, -0.2) is 0 Å². The number of benzene rings is 2. The topological polar surface area (TPSA) is 61.9 Å². The van der Waals surface area contributed by atoms with Gasteiger partial charge in [0.05, 0.1) is 23.8 Å². The molecule has 1 fully saturated rings. The fourth-order valence-corrected chi connectivity index (χ4v) is 3.60. The van der Waals surface area contributed by atoms with Crippen LogP contribution >= 0.6 is 23.2 Å². The molecule has 0 saturated carbocycles. The smallest absolute Gasteiger partial charge is 0.255 e. The molecule has 1 heterocycles. The summed E-state index contributed by atoms with van der Waals surface area (Å²) in [5.74, 6) is -0.587. The molecular formula is C21H23Cl2N3O3. The highest BCUT2D eigenvalue weighted by Gasteiger charge is 2.20. The number of anilines is 2. The summed E-state index contributed by atoms with van der Waals surface area (Å²) in [7, 11) is 0. The zero-order valence-electron chi connectivity index (χ0n) is 16.2. The first kappa shape index (κ1) is 21.4. The Morgan fingerprint density at radius 3 is 2.41 bits per heavy atom. The van der Waals surface area contributed by atoms with Gasteiger partial charge in [-0.2, -0.15) is 0 Å². The number of ether oxygens (including phenoxy) is 1. The van der Waals surface area contributed by atoms with Crippen molar-refractivity contribution in [1.29, 1.82) is 0 Å². The Hall–Kier alpha value is -2.28. The second-order valence-electron chi connectivity index (χ2n) is 6.64. The van der Waals surface area contributed by atoms with Crippen LogP contribution < -0.4 is 10.2 Å². The lowest BCUT2D eigenvalue weighted by Gasteiger charge is -2.29. The van der Waals surface area contributed by atoms with E-state index in [1.165, 1.54) is 11.0 Å². The van der Waals surface area contributed by atoms with E-state index in [1.54, 1.807) is 12.1 Å². The van der Waals surface area contributed by atoms with Crippen LogP contribution in [0.5, 0.6) is 0 Å². The molecule has 8 heteroatoms. The number of rotatable bonds is 6. The molecular weight excluding hydrogens is 413 g/mol. The van der Waals surface area contributed by atoms with Crippen LogP contribution in [0.15, 0.2) is 42.5 Å². The number of carbonyl (C=O) groups excluding carboxylic acids is 2. The molecule has 1 aliphatic rings. The van der Waals surface area contributed by atoms with E-state index in [0.717, 1.165) is 32.0 Å². The predicted octanol–water partition coefficient (Wildman–Crippen LogP) is 3.93. The third kappa shape index (κ3) is 5.63. The monoisotopic (exact) mass is 435 g/mol. The molecule has 6 nitrogen and oxygen atoms in total. The number of halogens is 2. The molecule has 1 aliphatic heterocycles. The molecule has 0 aliphatic carbocycles. The summed E-state index contributed by atoms with van der Waals surface area (Å²) in [5, 5.41) is 3.55. The largest absolute Gasteiger partial charge is 0.378 e. The Balaban J connectivity index is 1.60. The van der Waals surface area contributed by atoms with Gasteiger partial charge in [-0.1, -0.05) is 23.2 Å². The number of nitrogens with one attached hydrogen (secondary N) is 1. The minimum absolute atomic E-state index is 0.0699. The molecule has 0 atom stereocenters. The van der Waals surface area contributed by atoms with E-state index in [0.29, 0.717) is 22.8 Å². The van der Waals surface area contributed by atoms with Gasteiger partial charge in [-0.05, 0) is 49.4 Å². The summed E-state index contributed by atoms with van der Waals surface area (Å²) < 4.78 is 5.36. The summed E-state index contributed by atoms with van der Waals surface area (Å²) in [6.45, 7) is 5.26. The highest BCUT2D eigenvalue weighted by Crippen LogP contribution is 2.23. The number of morpholine rings is 1. The van der Waals surface area contributed by atoms with E-state index in [1.807, 2.05) is 31.2 Å². The predicted molar refractivity (Wildman–Crippen MR) is 116 cm³/mol. The van der Waals surface area contributed by atoms with Crippen molar-refractivity contribution in [3.05, 3.63) is 58.1 Å². The molecule has 29 heavy (non-hydrogen) atoms. The first-order valence-corrected chi connectivity index (χ1v) is 10.2. The average Bonchev–Trinajstić information content (AvgIpc) is 2.73. The number of amides is 2. The van der Waals surface area contributed by atoms with Crippen molar-refractivity contribution >= 4 is 46.4 Å². The van der Waals surface area contributed by atoms with Crippen LogP contribution in [-0.4, -0.2) is 56.1 Å². The van der Waals surface area contributed by atoms with Crippen LogP contribution in [0.2, 0.25) is 10.0 Å². The first-order valence-electron chi connectivity index (χ1n) is 9.45. The van der Waals surface area contributed by atoms with Crippen LogP contribution in [0.4, 0.5) is 11.4 Å². The maximum atomic E-state index is 12.7. The fourth-order valence-electron chi connectivity index (χ4n) is 3.11. The zero-order chi connectivity index (χ0) is 20.8. The van der Waals surface area contributed by atoms with Gasteiger partial charge in [-0.15, -0.1) is 0 Å². The maximum Gasteiger partial charge on any atom is 0.255 e. The zero-order valence-corrected chi connectivity index (χ0v) is 17.7. The van der Waals surface area contributed by atoms with Crippen LogP contribution in [0.1, 0.15) is 17.3 Å². The molecule has 0 unspecified atom stereocenters. The van der Waals surface area contributed by atoms with Crippen LogP contribution in [0, 0.1) is 0 Å². The fraction of sp³-hybridized carbons (Fsp3) is 0.333. The Labute approximate surface area is 180 Å². The van der Waals surface area contributed by atoms with E-state index in [-0.39, 0.29) is 23.4 Å². The molecule has 0 bridgehead atoms. The molecule has 1 saturated heterocycles. The Bertz CT molecular complexity index is 868. The van der Waals surface area contributed by atoms with Gasteiger partial charge in [-0.3, -0.25) is 9.59 Å². The van der Waals surface area contributed by atoms with Crippen molar-refractivity contribution < 1.29 is 14.3 Å². The molecule has 3 rings (SSSR count). The second kappa shape index (κ2) is 9.96. The van der Waals surface area contributed by atoms with E-state index in [4.69, 9.17) is 27.9 Å². The number of carbonyl (C=O) groups is 2. The van der Waals surface area contributed by atoms with Crippen LogP contribution in [0.25, 0.3) is 0 Å². The standard InChI is InChI=1S/C21H23Cl2N3O3/c1-2-25(21(28)18-8-3-15(22)13-19(18)23)14-20(27)24-16-4-6-17(7-5-16)26-9-11-29-12-10-26/h3-8,13H,2,9-12,14H2,1H3,(H,24,27). The highest BCUT2D eigenvalue weighted by atomic mass is 35.5. The van der Waals surface area contributed by atoms with Crippen molar-refractivity contribution in [1.82, 2.24) is 4.90 Å². The minimum Gasteiger partial charge on any atom is -0.378 e. The number of nitrogens with zero attached hydrogens (tertiary/aromatic N) is 2. The molecule has 1 N–H and O–H groups in total. The van der Waals surface area contributed by atoms with Crippen molar-refractivity contribution in [3.63, 3.8) is 0 Å². The van der Waals surface area contributed by atoms with Gasteiger partial charge in [0.25, 0.3) is 5.91 Å². The van der Waals surface area contributed by atoms with Crippen LogP contribution in [0.3, 0.4) is 0 Å². The Morgan fingerprint density at radius 2 is 1.79 bits per heavy atom. The van der Waals surface area contributed by atoms with E-state index < -0.39 is 0 Å². The summed E-state index contributed by atoms with van der Waals surface area (Å²) in [4.78, 5) is 28.9. The Kier molecular flexibility index (Phi) is 7.36. The van der Waals surface area contributed by atoms with Gasteiger partial charge < -0.3 is 19.9 Å². The van der Waals surface area contributed by atoms with E-state index in [9.17, 15) is 9.59 Å². The first-order chi connectivity index (χ1) is 14.0. The third-order valence-corrected chi connectivity index (χ3v) is 5.24. The molecule has 0 aromatic heterocycles. The van der Waals surface area contributed by atoms with Crippen LogP contribution in [-0.2, 0) is 9.53 Å². The molecule has 2 aromatic carbocycles.